The van der Waals surface area contributed by atoms with Gasteiger partial charge in [-0.3, -0.25) is 5.32 Å². The summed E-state index contributed by atoms with van der Waals surface area (Å²) in [7, 11) is 0. The van der Waals surface area contributed by atoms with Gasteiger partial charge < -0.3 is 15.2 Å². The predicted octanol–water partition coefficient (Wildman–Crippen LogP) is -0.746. The van der Waals surface area contributed by atoms with Crippen LogP contribution in [0.4, 0.5) is 0 Å². The fourth-order valence-electron chi connectivity index (χ4n) is 0.933. The molecule has 60 valence electrons. The number of rotatable bonds is 2. The fourth-order valence-corrected chi connectivity index (χ4v) is 0.933. The Morgan fingerprint density at radius 1 is 1.80 bits per heavy atom. The van der Waals surface area contributed by atoms with Crippen LogP contribution in [0.25, 0.3) is 0 Å². The average molecular weight is 146 g/mol. The first-order valence-corrected chi connectivity index (χ1v) is 3.56. The van der Waals surface area contributed by atoms with Crippen LogP contribution in [0.3, 0.4) is 0 Å². The van der Waals surface area contributed by atoms with Gasteiger partial charge in [0, 0.05) is 13.2 Å². The van der Waals surface area contributed by atoms with E-state index >= 15 is 0 Å². The molecule has 1 rings (SSSR count). The molecular formula is C6H14N2O2. The first-order chi connectivity index (χ1) is 4.84. The summed E-state index contributed by atoms with van der Waals surface area (Å²) < 4.78 is 10.4. The number of hydrogen-bond acceptors (Lipinski definition) is 4. The minimum atomic E-state index is -0.311. The van der Waals surface area contributed by atoms with Crippen molar-refractivity contribution in [1.29, 1.82) is 0 Å². The zero-order valence-corrected chi connectivity index (χ0v) is 6.17. The van der Waals surface area contributed by atoms with Gasteiger partial charge in [-0.15, -0.1) is 0 Å². The van der Waals surface area contributed by atoms with Crippen molar-refractivity contribution in [2.24, 2.45) is 5.73 Å². The number of nitrogens with one attached hydrogen (secondary N) is 1. The number of hydrogen-bond donors (Lipinski definition) is 2. The van der Waals surface area contributed by atoms with Gasteiger partial charge in [0.25, 0.3) is 0 Å². The molecule has 1 heterocycles. The highest BCUT2D eigenvalue weighted by Gasteiger charge is 2.21. The Kier molecular flexibility index (Phi) is 3.08. The third-order valence-corrected chi connectivity index (χ3v) is 1.40. The summed E-state index contributed by atoms with van der Waals surface area (Å²) in [6.07, 6.45) is -0.438. The quantitative estimate of drug-likeness (QED) is 0.538. The van der Waals surface area contributed by atoms with E-state index in [1.807, 2.05) is 6.92 Å². The summed E-state index contributed by atoms with van der Waals surface area (Å²) in [4.78, 5) is 0. The Balaban J connectivity index is 2.25. The Morgan fingerprint density at radius 3 is 3.20 bits per heavy atom. The van der Waals surface area contributed by atoms with E-state index in [2.05, 4.69) is 5.32 Å². The van der Waals surface area contributed by atoms with E-state index in [0.717, 1.165) is 6.54 Å². The zero-order valence-electron chi connectivity index (χ0n) is 6.17. The molecule has 0 aromatic carbocycles. The summed E-state index contributed by atoms with van der Waals surface area (Å²) in [6.45, 7) is 4.08. The third-order valence-electron chi connectivity index (χ3n) is 1.40. The summed E-state index contributed by atoms with van der Waals surface area (Å²) in [6, 6.07) is 0. The molecule has 1 saturated heterocycles. The van der Waals surface area contributed by atoms with Crippen molar-refractivity contribution in [3.63, 3.8) is 0 Å². The first kappa shape index (κ1) is 7.94. The van der Waals surface area contributed by atoms with Crippen molar-refractivity contribution in [2.45, 2.75) is 19.4 Å². The van der Waals surface area contributed by atoms with E-state index in [-0.39, 0.29) is 12.5 Å². The zero-order chi connectivity index (χ0) is 7.40. The molecule has 0 saturated carbocycles. The van der Waals surface area contributed by atoms with Crippen LogP contribution in [0, 0.1) is 0 Å². The number of morpholine rings is 1. The second-order valence-corrected chi connectivity index (χ2v) is 2.17. The molecule has 0 spiro atoms. The number of ether oxygens (including phenoxy) is 2. The van der Waals surface area contributed by atoms with Crippen LogP contribution >= 0.6 is 0 Å². The molecule has 0 aromatic heterocycles. The highest BCUT2D eigenvalue weighted by atomic mass is 16.6. The highest BCUT2D eigenvalue weighted by Crippen LogP contribution is 1.99. The Labute approximate surface area is 60.7 Å². The molecule has 3 N–H and O–H groups in total. The monoisotopic (exact) mass is 146 g/mol. The molecule has 1 aliphatic heterocycles. The minimum absolute atomic E-state index is 0.126. The van der Waals surface area contributed by atoms with Crippen LogP contribution in [0.2, 0.25) is 0 Å². The molecule has 2 unspecified atom stereocenters. The van der Waals surface area contributed by atoms with Gasteiger partial charge in [0.15, 0.2) is 0 Å². The predicted molar refractivity (Wildman–Crippen MR) is 37.3 cm³/mol. The first-order valence-electron chi connectivity index (χ1n) is 3.56. The molecule has 0 aliphatic carbocycles. The van der Waals surface area contributed by atoms with E-state index in [4.69, 9.17) is 15.2 Å². The van der Waals surface area contributed by atoms with Crippen LogP contribution in [-0.2, 0) is 9.47 Å². The van der Waals surface area contributed by atoms with Gasteiger partial charge in [0.1, 0.15) is 12.5 Å². The van der Waals surface area contributed by atoms with Crippen LogP contribution in [0.5, 0.6) is 0 Å². The lowest BCUT2D eigenvalue weighted by atomic mass is 10.4. The van der Waals surface area contributed by atoms with Gasteiger partial charge in [-0.05, 0) is 6.92 Å². The Bertz CT molecular complexity index is 97.7. The van der Waals surface area contributed by atoms with Gasteiger partial charge in [0.05, 0.1) is 6.61 Å². The lowest BCUT2D eigenvalue weighted by molar-refractivity contribution is -0.109. The van der Waals surface area contributed by atoms with E-state index in [1.54, 1.807) is 0 Å². The topological polar surface area (TPSA) is 56.5 Å². The summed E-state index contributed by atoms with van der Waals surface area (Å²) in [5.74, 6) is 0. The maximum atomic E-state index is 5.56. The molecule has 2 atom stereocenters. The molecule has 0 aromatic rings. The molecule has 4 heteroatoms. The molecule has 4 nitrogen and oxygen atoms in total. The second-order valence-electron chi connectivity index (χ2n) is 2.17. The van der Waals surface area contributed by atoms with Crippen molar-refractivity contribution in [1.82, 2.24) is 5.32 Å². The normalized spacial score (nSPS) is 34.2. The maximum absolute atomic E-state index is 5.56. The average Bonchev–Trinajstić information content (AvgIpc) is 1.94. The SMILES string of the molecule is CCOC1NCCOC1N. The van der Waals surface area contributed by atoms with Crippen LogP contribution in [0.15, 0.2) is 0 Å². The molecule has 1 fully saturated rings. The van der Waals surface area contributed by atoms with E-state index in [0.29, 0.717) is 13.2 Å². The minimum Gasteiger partial charge on any atom is -0.359 e. The van der Waals surface area contributed by atoms with E-state index < -0.39 is 0 Å². The second kappa shape index (κ2) is 3.88. The summed E-state index contributed by atoms with van der Waals surface area (Å²) in [5, 5.41) is 3.10. The maximum Gasteiger partial charge on any atom is 0.147 e. The van der Waals surface area contributed by atoms with Gasteiger partial charge >= 0.3 is 0 Å². The van der Waals surface area contributed by atoms with Gasteiger partial charge in [0.2, 0.25) is 0 Å². The van der Waals surface area contributed by atoms with Crippen molar-refractivity contribution in [2.75, 3.05) is 19.8 Å². The molecule has 1 aliphatic rings. The molecule has 0 radical (unpaired) electrons. The third kappa shape index (κ3) is 1.91. The van der Waals surface area contributed by atoms with Crippen molar-refractivity contribution < 1.29 is 9.47 Å². The van der Waals surface area contributed by atoms with Crippen molar-refractivity contribution in [3.8, 4) is 0 Å². The van der Waals surface area contributed by atoms with Crippen molar-refractivity contribution >= 4 is 0 Å². The highest BCUT2D eigenvalue weighted by molar-refractivity contribution is 4.67. The summed E-state index contributed by atoms with van der Waals surface area (Å²) in [5.41, 5.74) is 5.56. The summed E-state index contributed by atoms with van der Waals surface area (Å²) >= 11 is 0. The molecular weight excluding hydrogens is 132 g/mol. The molecule has 0 amide bonds. The fraction of sp³-hybridized carbons (Fsp3) is 1.00. The standard InChI is InChI=1S/C6H14N2O2/c1-2-9-6-5(7)10-4-3-8-6/h5-6,8H,2-4,7H2,1H3. The van der Waals surface area contributed by atoms with Crippen LogP contribution < -0.4 is 11.1 Å². The smallest absolute Gasteiger partial charge is 0.147 e. The van der Waals surface area contributed by atoms with Gasteiger partial charge in [-0.2, -0.15) is 0 Å². The lowest BCUT2D eigenvalue weighted by Crippen LogP contribution is -2.54. The molecule has 10 heavy (non-hydrogen) atoms. The van der Waals surface area contributed by atoms with Crippen LogP contribution in [0.1, 0.15) is 6.92 Å². The van der Waals surface area contributed by atoms with Gasteiger partial charge in [-0.25, -0.2) is 0 Å². The largest absolute Gasteiger partial charge is 0.359 e. The number of nitrogens with two attached hydrogens (primary N) is 1. The molecule has 0 bridgehead atoms. The van der Waals surface area contributed by atoms with Gasteiger partial charge in [-0.1, -0.05) is 0 Å². The van der Waals surface area contributed by atoms with E-state index in [9.17, 15) is 0 Å². The Morgan fingerprint density at radius 2 is 2.60 bits per heavy atom. The van der Waals surface area contributed by atoms with Crippen LogP contribution in [-0.4, -0.2) is 32.2 Å². The Hall–Kier alpha value is -0.160. The lowest BCUT2D eigenvalue weighted by Gasteiger charge is -2.29. The van der Waals surface area contributed by atoms with E-state index in [1.165, 1.54) is 0 Å². The van der Waals surface area contributed by atoms with Crippen molar-refractivity contribution in [3.05, 3.63) is 0 Å².